The van der Waals surface area contributed by atoms with E-state index in [0.29, 0.717) is 38.2 Å². The van der Waals surface area contributed by atoms with Crippen LogP contribution in [-0.4, -0.2) is 40.7 Å². The molecule has 2 unspecified atom stereocenters. The van der Waals surface area contributed by atoms with Gasteiger partial charge in [-0.05, 0) is 56.4 Å². The molecule has 3 amide bonds. The summed E-state index contributed by atoms with van der Waals surface area (Å²) in [6, 6.07) is 13.3. The Kier molecular flexibility index (Phi) is 6.30. The summed E-state index contributed by atoms with van der Waals surface area (Å²) >= 11 is 0. The summed E-state index contributed by atoms with van der Waals surface area (Å²) in [6.07, 6.45) is 3.03. The van der Waals surface area contributed by atoms with Crippen LogP contribution in [0.15, 0.2) is 42.5 Å². The van der Waals surface area contributed by atoms with Crippen LogP contribution in [0.2, 0.25) is 0 Å². The van der Waals surface area contributed by atoms with E-state index in [-0.39, 0.29) is 29.6 Å². The van der Waals surface area contributed by atoms with E-state index < -0.39 is 0 Å². The van der Waals surface area contributed by atoms with Crippen molar-refractivity contribution in [1.82, 2.24) is 9.88 Å². The lowest BCUT2D eigenvalue weighted by molar-refractivity contribution is -0.135. The normalized spacial score (nSPS) is 20.5. The molecule has 0 bridgehead atoms. The van der Waals surface area contributed by atoms with Gasteiger partial charge in [-0.1, -0.05) is 24.3 Å². The number of nitrogens with one attached hydrogen (secondary N) is 2. The number of carbonyl (C=O) groups excluding carboxylic acids is 3. The quantitative estimate of drug-likeness (QED) is 0.777. The average Bonchev–Trinajstić information content (AvgIpc) is 2.77. The van der Waals surface area contributed by atoms with Crippen molar-refractivity contribution in [2.24, 2.45) is 11.8 Å². The molecule has 0 aliphatic carbocycles. The summed E-state index contributed by atoms with van der Waals surface area (Å²) < 4.78 is 0. The minimum absolute atomic E-state index is 0.0119. The molecule has 0 radical (unpaired) electrons. The SMILES string of the molecule is Cc1cccc(NC(=O)C2CCCN(C(=O)CCC3Cc4ccccc4NC3=O)C2)n1. The van der Waals surface area contributed by atoms with E-state index in [0.717, 1.165) is 29.8 Å². The van der Waals surface area contributed by atoms with Crippen molar-refractivity contribution in [3.63, 3.8) is 0 Å². The maximum Gasteiger partial charge on any atom is 0.230 e. The molecule has 7 nitrogen and oxygen atoms in total. The lowest BCUT2D eigenvalue weighted by Gasteiger charge is -2.32. The molecule has 7 heteroatoms. The lowest BCUT2D eigenvalue weighted by Crippen LogP contribution is -2.44. The van der Waals surface area contributed by atoms with Crippen molar-refractivity contribution >= 4 is 29.2 Å². The summed E-state index contributed by atoms with van der Waals surface area (Å²) in [7, 11) is 0. The molecule has 2 aromatic rings. The molecule has 3 heterocycles. The monoisotopic (exact) mass is 420 g/mol. The number of likely N-dealkylation sites (tertiary alicyclic amines) is 1. The number of aromatic nitrogens is 1. The number of carbonyl (C=O) groups is 3. The second-order valence-electron chi connectivity index (χ2n) is 8.42. The molecule has 1 saturated heterocycles. The van der Waals surface area contributed by atoms with Gasteiger partial charge in [0.2, 0.25) is 17.7 Å². The zero-order valence-corrected chi connectivity index (χ0v) is 17.8. The molecule has 31 heavy (non-hydrogen) atoms. The van der Waals surface area contributed by atoms with E-state index in [9.17, 15) is 14.4 Å². The average molecular weight is 421 g/mol. The number of aryl methyl sites for hydroxylation is 1. The molecule has 1 aromatic carbocycles. The molecular weight excluding hydrogens is 392 g/mol. The maximum atomic E-state index is 12.8. The number of para-hydroxylation sites is 1. The highest BCUT2D eigenvalue weighted by Gasteiger charge is 2.30. The third kappa shape index (κ3) is 5.10. The summed E-state index contributed by atoms with van der Waals surface area (Å²) in [5, 5.41) is 5.81. The van der Waals surface area contributed by atoms with Crippen LogP contribution in [0.4, 0.5) is 11.5 Å². The summed E-state index contributed by atoms with van der Waals surface area (Å²) in [6.45, 7) is 2.95. The summed E-state index contributed by atoms with van der Waals surface area (Å²) in [5.74, 6) is -0.0122. The topological polar surface area (TPSA) is 91.4 Å². The molecule has 2 N–H and O–H groups in total. The first kappa shape index (κ1) is 21.0. The van der Waals surface area contributed by atoms with E-state index in [2.05, 4.69) is 15.6 Å². The standard InChI is InChI=1S/C24H28N4O3/c1-16-6-4-10-21(25-16)27-24(31)19-8-5-13-28(15-19)22(29)12-11-18-14-17-7-2-3-9-20(17)26-23(18)30/h2-4,6-7,9-10,18-19H,5,8,11-15H2,1H3,(H,26,30)(H,25,27,31). The van der Waals surface area contributed by atoms with Crippen LogP contribution < -0.4 is 10.6 Å². The Morgan fingerprint density at radius 3 is 2.87 bits per heavy atom. The van der Waals surface area contributed by atoms with Gasteiger partial charge in [0.05, 0.1) is 5.92 Å². The molecule has 0 saturated carbocycles. The van der Waals surface area contributed by atoms with Crippen molar-refractivity contribution in [3.05, 3.63) is 53.7 Å². The number of piperidine rings is 1. The first-order chi connectivity index (χ1) is 15.0. The second kappa shape index (κ2) is 9.29. The van der Waals surface area contributed by atoms with Crippen LogP contribution >= 0.6 is 0 Å². The van der Waals surface area contributed by atoms with Crippen molar-refractivity contribution in [2.75, 3.05) is 23.7 Å². The molecule has 2 atom stereocenters. The largest absolute Gasteiger partial charge is 0.342 e. The number of fused-ring (bicyclic) bond motifs is 1. The fourth-order valence-electron chi connectivity index (χ4n) is 4.36. The number of nitrogens with zero attached hydrogens (tertiary/aromatic N) is 2. The Morgan fingerprint density at radius 1 is 1.19 bits per heavy atom. The highest BCUT2D eigenvalue weighted by molar-refractivity contribution is 5.96. The minimum atomic E-state index is -0.245. The second-order valence-corrected chi connectivity index (χ2v) is 8.42. The van der Waals surface area contributed by atoms with Crippen LogP contribution in [0.3, 0.4) is 0 Å². The van der Waals surface area contributed by atoms with E-state index in [1.54, 1.807) is 11.0 Å². The predicted molar refractivity (Wildman–Crippen MR) is 118 cm³/mol. The maximum absolute atomic E-state index is 12.8. The Labute approximate surface area is 182 Å². The first-order valence-corrected chi connectivity index (χ1v) is 10.9. The fourth-order valence-corrected chi connectivity index (χ4v) is 4.36. The first-order valence-electron chi connectivity index (χ1n) is 10.9. The smallest absolute Gasteiger partial charge is 0.230 e. The van der Waals surface area contributed by atoms with Gasteiger partial charge >= 0.3 is 0 Å². The van der Waals surface area contributed by atoms with Crippen LogP contribution in [0, 0.1) is 18.8 Å². The van der Waals surface area contributed by atoms with Crippen molar-refractivity contribution in [3.8, 4) is 0 Å². The minimum Gasteiger partial charge on any atom is -0.342 e. The molecule has 162 valence electrons. The van der Waals surface area contributed by atoms with E-state index in [4.69, 9.17) is 0 Å². The van der Waals surface area contributed by atoms with Crippen LogP contribution in [-0.2, 0) is 20.8 Å². The van der Waals surface area contributed by atoms with E-state index in [1.165, 1.54) is 0 Å². The van der Waals surface area contributed by atoms with Crippen LogP contribution in [0.1, 0.15) is 36.9 Å². The predicted octanol–water partition coefficient (Wildman–Crippen LogP) is 3.16. The zero-order valence-electron chi connectivity index (χ0n) is 17.8. The lowest BCUT2D eigenvalue weighted by atomic mass is 9.89. The summed E-state index contributed by atoms with van der Waals surface area (Å²) in [5.41, 5.74) is 2.81. The highest BCUT2D eigenvalue weighted by atomic mass is 16.2. The van der Waals surface area contributed by atoms with Gasteiger partial charge in [0, 0.05) is 36.8 Å². The molecule has 4 rings (SSSR count). The van der Waals surface area contributed by atoms with Gasteiger partial charge in [0.25, 0.3) is 0 Å². The van der Waals surface area contributed by atoms with Crippen LogP contribution in [0.5, 0.6) is 0 Å². The number of hydrogen-bond donors (Lipinski definition) is 2. The van der Waals surface area contributed by atoms with Crippen molar-refractivity contribution in [2.45, 2.75) is 39.0 Å². The zero-order chi connectivity index (χ0) is 21.8. The molecule has 1 fully saturated rings. The molecule has 2 aliphatic rings. The molecule has 1 aromatic heterocycles. The van der Waals surface area contributed by atoms with Gasteiger partial charge in [0.1, 0.15) is 5.82 Å². The molecular formula is C24H28N4O3. The number of rotatable bonds is 5. The van der Waals surface area contributed by atoms with Gasteiger partial charge in [-0.3, -0.25) is 14.4 Å². The Hall–Kier alpha value is -3.22. The highest BCUT2D eigenvalue weighted by Crippen LogP contribution is 2.28. The van der Waals surface area contributed by atoms with Gasteiger partial charge in [0.15, 0.2) is 0 Å². The van der Waals surface area contributed by atoms with E-state index in [1.807, 2.05) is 43.3 Å². The van der Waals surface area contributed by atoms with Crippen molar-refractivity contribution < 1.29 is 14.4 Å². The fraction of sp³-hybridized carbons (Fsp3) is 0.417. The van der Waals surface area contributed by atoms with Gasteiger partial charge in [-0.2, -0.15) is 0 Å². The number of pyridine rings is 1. The number of anilines is 2. The van der Waals surface area contributed by atoms with Crippen LogP contribution in [0.25, 0.3) is 0 Å². The molecule has 0 spiro atoms. The summed E-state index contributed by atoms with van der Waals surface area (Å²) in [4.78, 5) is 44.0. The Morgan fingerprint density at radius 2 is 2.03 bits per heavy atom. The van der Waals surface area contributed by atoms with E-state index >= 15 is 0 Å². The Bertz CT molecular complexity index is 990. The van der Waals surface area contributed by atoms with Crippen molar-refractivity contribution in [1.29, 1.82) is 0 Å². The van der Waals surface area contributed by atoms with Gasteiger partial charge < -0.3 is 15.5 Å². The molecule has 2 aliphatic heterocycles. The third-order valence-electron chi connectivity index (χ3n) is 6.10. The van der Waals surface area contributed by atoms with Gasteiger partial charge in [-0.15, -0.1) is 0 Å². The van der Waals surface area contributed by atoms with Gasteiger partial charge in [-0.25, -0.2) is 4.98 Å². The Balaban J connectivity index is 1.30. The third-order valence-corrected chi connectivity index (χ3v) is 6.10. The number of hydrogen-bond acceptors (Lipinski definition) is 4. The number of benzene rings is 1. The number of amides is 3.